The van der Waals surface area contributed by atoms with Crippen LogP contribution in [0.25, 0.3) is 0 Å². The van der Waals surface area contributed by atoms with Crippen molar-refractivity contribution < 1.29 is 18.8 Å². The first-order chi connectivity index (χ1) is 17.8. The lowest BCUT2D eigenvalue weighted by atomic mass is 9.92. The van der Waals surface area contributed by atoms with E-state index in [0.29, 0.717) is 19.4 Å². The molecule has 2 aliphatic heterocycles. The van der Waals surface area contributed by atoms with E-state index in [0.717, 1.165) is 11.1 Å². The van der Waals surface area contributed by atoms with Crippen LogP contribution in [0.1, 0.15) is 24.5 Å². The van der Waals surface area contributed by atoms with Crippen molar-refractivity contribution in [2.75, 3.05) is 26.3 Å². The van der Waals surface area contributed by atoms with Gasteiger partial charge in [0.1, 0.15) is 5.82 Å². The fraction of sp³-hybridized carbons (Fsp3) is 0.444. The van der Waals surface area contributed by atoms with Gasteiger partial charge in [-0.25, -0.2) is 9.40 Å². The Hall–Kier alpha value is -3.34. The van der Waals surface area contributed by atoms with E-state index in [4.69, 9.17) is 11.5 Å². The van der Waals surface area contributed by atoms with E-state index in [-0.39, 0.29) is 55.9 Å². The first-order valence-corrected chi connectivity index (χ1v) is 12.7. The summed E-state index contributed by atoms with van der Waals surface area (Å²) in [5.41, 5.74) is 16.4. The average molecular weight is 511 g/mol. The van der Waals surface area contributed by atoms with E-state index in [9.17, 15) is 18.8 Å². The Bertz CT molecular complexity index is 1100. The molecule has 0 radical (unpaired) electrons. The van der Waals surface area contributed by atoms with Gasteiger partial charge in [-0.05, 0) is 49.6 Å². The number of hydrogen-bond acceptors (Lipinski definition) is 6. The number of amides is 3. The van der Waals surface area contributed by atoms with E-state index in [2.05, 4.69) is 5.43 Å². The van der Waals surface area contributed by atoms with Gasteiger partial charge in [0, 0.05) is 25.7 Å². The van der Waals surface area contributed by atoms with Crippen LogP contribution in [-0.4, -0.2) is 70.9 Å². The molecule has 2 heterocycles. The van der Waals surface area contributed by atoms with Gasteiger partial charge in [0.2, 0.25) is 11.8 Å². The van der Waals surface area contributed by atoms with Crippen molar-refractivity contribution in [2.24, 2.45) is 23.3 Å². The van der Waals surface area contributed by atoms with Gasteiger partial charge < -0.3 is 16.4 Å². The van der Waals surface area contributed by atoms with Crippen LogP contribution < -0.4 is 16.9 Å². The third-order valence-electron chi connectivity index (χ3n) is 6.99. The lowest BCUT2D eigenvalue weighted by Gasteiger charge is -2.23. The summed E-state index contributed by atoms with van der Waals surface area (Å²) in [7, 11) is 0. The standard InChI is InChI=1S/C27H35FN6O3/c1-18(30)14-33-17-34(27(37)24(33)13-19-5-3-2-4-6-19)31-25(35)23-16-32(26(36)22(23)11-12-29)15-20-7-9-21(28)10-8-20/h2-10,18,22-24H,11-17,29-30H2,1H3,(H,31,35)/t18?,22?,23?,24-/m0/s1. The molecule has 4 atom stereocenters. The molecule has 37 heavy (non-hydrogen) atoms. The maximum absolute atomic E-state index is 13.4. The monoisotopic (exact) mass is 510 g/mol. The maximum atomic E-state index is 13.4. The Labute approximate surface area is 216 Å². The molecule has 3 amide bonds. The predicted molar refractivity (Wildman–Crippen MR) is 137 cm³/mol. The summed E-state index contributed by atoms with van der Waals surface area (Å²) in [6.45, 7) is 3.32. The first-order valence-electron chi connectivity index (χ1n) is 12.7. The Morgan fingerprint density at radius 3 is 2.43 bits per heavy atom. The number of hydrazine groups is 1. The summed E-state index contributed by atoms with van der Waals surface area (Å²) >= 11 is 0. The molecule has 0 aliphatic carbocycles. The Balaban J connectivity index is 1.46. The minimum atomic E-state index is -0.653. The smallest absolute Gasteiger partial charge is 0.259 e. The molecule has 2 fully saturated rings. The van der Waals surface area contributed by atoms with Gasteiger partial charge in [-0.15, -0.1) is 0 Å². The van der Waals surface area contributed by atoms with E-state index >= 15 is 0 Å². The molecule has 0 spiro atoms. The molecule has 0 saturated carbocycles. The van der Waals surface area contributed by atoms with Crippen LogP contribution in [0, 0.1) is 17.7 Å². The van der Waals surface area contributed by atoms with Gasteiger partial charge in [-0.2, -0.15) is 0 Å². The minimum Gasteiger partial charge on any atom is -0.337 e. The second kappa shape index (κ2) is 11.8. The number of nitrogens with one attached hydrogen (secondary N) is 1. The molecule has 0 aromatic heterocycles. The predicted octanol–water partition coefficient (Wildman–Crippen LogP) is 0.841. The fourth-order valence-electron chi connectivity index (χ4n) is 5.18. The van der Waals surface area contributed by atoms with E-state index in [1.807, 2.05) is 42.2 Å². The zero-order chi connectivity index (χ0) is 26.5. The molecule has 9 nitrogen and oxygen atoms in total. The number of carbonyl (C=O) groups excluding carboxylic acids is 3. The van der Waals surface area contributed by atoms with Crippen LogP contribution >= 0.6 is 0 Å². The number of benzene rings is 2. The maximum Gasteiger partial charge on any atom is 0.259 e. The van der Waals surface area contributed by atoms with Crippen molar-refractivity contribution >= 4 is 17.7 Å². The van der Waals surface area contributed by atoms with Crippen molar-refractivity contribution in [2.45, 2.75) is 38.4 Å². The molecular weight excluding hydrogens is 475 g/mol. The summed E-state index contributed by atoms with van der Waals surface area (Å²) in [6, 6.07) is 15.0. The molecule has 198 valence electrons. The minimum absolute atomic E-state index is 0.150. The SMILES string of the molecule is CC(N)CN1CN(NC(=O)C2CN(Cc3ccc(F)cc3)C(=O)C2CCN)C(=O)[C@@H]1Cc1ccccc1. The molecule has 4 rings (SSSR count). The molecule has 2 aromatic carbocycles. The molecule has 5 N–H and O–H groups in total. The number of nitrogens with zero attached hydrogens (tertiary/aromatic N) is 3. The zero-order valence-corrected chi connectivity index (χ0v) is 21.1. The van der Waals surface area contributed by atoms with Gasteiger partial charge in [0.05, 0.1) is 24.5 Å². The average Bonchev–Trinajstić information content (AvgIpc) is 3.32. The highest BCUT2D eigenvalue weighted by Gasteiger charge is 2.46. The normalized spacial score (nSPS) is 23.1. The highest BCUT2D eigenvalue weighted by Crippen LogP contribution is 2.29. The van der Waals surface area contributed by atoms with Crippen LogP contribution in [0.5, 0.6) is 0 Å². The van der Waals surface area contributed by atoms with Crippen LogP contribution in [0.3, 0.4) is 0 Å². The molecule has 3 unspecified atom stereocenters. The number of carbonyl (C=O) groups is 3. The topological polar surface area (TPSA) is 125 Å². The number of hydrogen-bond donors (Lipinski definition) is 3. The van der Waals surface area contributed by atoms with Gasteiger partial charge in [0.25, 0.3) is 5.91 Å². The Kier molecular flexibility index (Phi) is 8.52. The fourth-order valence-corrected chi connectivity index (χ4v) is 5.18. The zero-order valence-electron chi connectivity index (χ0n) is 21.1. The molecule has 0 bridgehead atoms. The Morgan fingerprint density at radius 2 is 1.78 bits per heavy atom. The lowest BCUT2D eigenvalue weighted by Crippen LogP contribution is -2.48. The van der Waals surface area contributed by atoms with E-state index in [1.165, 1.54) is 17.1 Å². The van der Waals surface area contributed by atoms with Crippen molar-refractivity contribution in [3.8, 4) is 0 Å². The second-order valence-corrected chi connectivity index (χ2v) is 9.97. The van der Waals surface area contributed by atoms with E-state index in [1.54, 1.807) is 17.0 Å². The first kappa shape index (κ1) is 26.7. The second-order valence-electron chi connectivity index (χ2n) is 9.97. The van der Waals surface area contributed by atoms with Crippen LogP contribution in [0.4, 0.5) is 4.39 Å². The van der Waals surface area contributed by atoms with Gasteiger partial charge in [0.15, 0.2) is 0 Å². The lowest BCUT2D eigenvalue weighted by molar-refractivity contribution is -0.141. The van der Waals surface area contributed by atoms with Crippen molar-refractivity contribution in [3.05, 3.63) is 71.5 Å². The van der Waals surface area contributed by atoms with Gasteiger partial charge in [-0.3, -0.25) is 24.7 Å². The number of rotatable bonds is 10. The van der Waals surface area contributed by atoms with Crippen molar-refractivity contribution in [1.82, 2.24) is 20.2 Å². The molecule has 10 heteroatoms. The van der Waals surface area contributed by atoms with Crippen molar-refractivity contribution in [1.29, 1.82) is 0 Å². The van der Waals surface area contributed by atoms with Crippen LogP contribution in [-0.2, 0) is 27.3 Å². The number of nitrogens with two attached hydrogens (primary N) is 2. The van der Waals surface area contributed by atoms with Crippen molar-refractivity contribution in [3.63, 3.8) is 0 Å². The third kappa shape index (κ3) is 6.33. The van der Waals surface area contributed by atoms with E-state index < -0.39 is 17.9 Å². The number of likely N-dealkylation sites (tertiary alicyclic amines) is 1. The van der Waals surface area contributed by atoms with Gasteiger partial charge in [-0.1, -0.05) is 42.5 Å². The summed E-state index contributed by atoms with van der Waals surface area (Å²) in [5, 5.41) is 1.34. The molecular formula is C27H35FN6O3. The highest BCUT2D eigenvalue weighted by molar-refractivity contribution is 5.93. The van der Waals surface area contributed by atoms with Crippen LogP contribution in [0.2, 0.25) is 0 Å². The summed E-state index contributed by atoms with van der Waals surface area (Å²) in [4.78, 5) is 43.5. The summed E-state index contributed by atoms with van der Waals surface area (Å²) < 4.78 is 13.3. The summed E-state index contributed by atoms with van der Waals surface area (Å²) in [6.07, 6.45) is 0.861. The van der Waals surface area contributed by atoms with Crippen LogP contribution in [0.15, 0.2) is 54.6 Å². The Morgan fingerprint density at radius 1 is 1.08 bits per heavy atom. The molecule has 2 aromatic rings. The largest absolute Gasteiger partial charge is 0.337 e. The molecule has 2 aliphatic rings. The number of halogens is 1. The third-order valence-corrected chi connectivity index (χ3v) is 6.99. The quantitative estimate of drug-likeness (QED) is 0.435. The summed E-state index contributed by atoms with van der Waals surface area (Å²) in [5.74, 6) is -2.34. The molecule has 2 saturated heterocycles. The van der Waals surface area contributed by atoms with Gasteiger partial charge >= 0.3 is 0 Å². The highest BCUT2D eigenvalue weighted by atomic mass is 19.1.